The monoisotopic (exact) mass is 379 g/mol. The first-order chi connectivity index (χ1) is 12.4. The molecule has 7 nitrogen and oxygen atoms in total. The van der Waals surface area contributed by atoms with E-state index in [9.17, 15) is 14.4 Å². The summed E-state index contributed by atoms with van der Waals surface area (Å²) in [6.45, 7) is 0.229. The lowest BCUT2D eigenvalue weighted by Gasteiger charge is -2.20. The number of methoxy groups -OCH3 is 1. The van der Waals surface area contributed by atoms with Crippen molar-refractivity contribution in [1.82, 2.24) is 10.2 Å². The summed E-state index contributed by atoms with van der Waals surface area (Å²) in [5.41, 5.74) is -0.210. The molecule has 1 saturated heterocycles. The number of imide groups is 1. The van der Waals surface area contributed by atoms with E-state index in [0.29, 0.717) is 35.7 Å². The minimum Gasteiger partial charge on any atom is -0.495 e. The normalized spacial score (nSPS) is 18.3. The molecule has 3 rings (SSSR count). The van der Waals surface area contributed by atoms with Gasteiger partial charge in [-0.25, -0.2) is 4.79 Å². The third kappa shape index (κ3) is 3.62. The number of benzene rings is 1. The molecule has 140 valence electrons. The Balaban J connectivity index is 1.52. The van der Waals surface area contributed by atoms with E-state index in [1.807, 2.05) is 0 Å². The molecule has 1 aliphatic carbocycles. The zero-order valence-electron chi connectivity index (χ0n) is 14.6. The fraction of sp³-hybridized carbons (Fsp3) is 0.500. The van der Waals surface area contributed by atoms with Crippen LogP contribution in [0.3, 0.4) is 0 Å². The Morgan fingerprint density at radius 2 is 2.08 bits per heavy atom. The molecule has 0 atom stereocenters. The number of nitrogens with one attached hydrogen (secondary N) is 2. The fourth-order valence-electron chi connectivity index (χ4n) is 3.59. The Morgan fingerprint density at radius 1 is 1.35 bits per heavy atom. The predicted octanol–water partition coefficient (Wildman–Crippen LogP) is 2.93. The first-order valence-electron chi connectivity index (χ1n) is 8.73. The lowest BCUT2D eigenvalue weighted by molar-refractivity contribution is -0.131. The number of nitrogens with zero attached hydrogens (tertiary/aromatic N) is 1. The highest BCUT2D eigenvalue weighted by atomic mass is 35.5. The van der Waals surface area contributed by atoms with E-state index < -0.39 is 5.54 Å². The van der Waals surface area contributed by atoms with Gasteiger partial charge in [0.2, 0.25) is 5.91 Å². The van der Waals surface area contributed by atoms with Crippen LogP contribution in [0.25, 0.3) is 0 Å². The Hall–Kier alpha value is -2.28. The number of ether oxygens (including phenoxy) is 1. The van der Waals surface area contributed by atoms with Crippen LogP contribution < -0.4 is 15.4 Å². The van der Waals surface area contributed by atoms with Crippen LogP contribution in [-0.2, 0) is 9.59 Å². The van der Waals surface area contributed by atoms with E-state index in [1.54, 1.807) is 18.2 Å². The van der Waals surface area contributed by atoms with Gasteiger partial charge in [0.1, 0.15) is 11.3 Å². The van der Waals surface area contributed by atoms with E-state index in [0.717, 1.165) is 12.8 Å². The summed E-state index contributed by atoms with van der Waals surface area (Å²) in [5.74, 6) is 0.130. The van der Waals surface area contributed by atoms with Crippen molar-refractivity contribution in [2.75, 3.05) is 19.0 Å². The molecule has 8 heteroatoms. The molecule has 0 unspecified atom stereocenters. The molecule has 1 aromatic carbocycles. The van der Waals surface area contributed by atoms with Gasteiger partial charge in [0, 0.05) is 18.0 Å². The Labute approximate surface area is 157 Å². The molecular weight excluding hydrogens is 358 g/mol. The third-order valence-electron chi connectivity index (χ3n) is 4.92. The fourth-order valence-corrected chi connectivity index (χ4v) is 3.76. The molecule has 1 aliphatic heterocycles. The van der Waals surface area contributed by atoms with E-state index in [2.05, 4.69) is 10.6 Å². The smallest absolute Gasteiger partial charge is 0.325 e. The van der Waals surface area contributed by atoms with Crippen molar-refractivity contribution in [3.8, 4) is 5.75 Å². The second-order valence-corrected chi connectivity index (χ2v) is 7.11. The standard InChI is InChI=1S/C18H22ClN3O4/c1-26-14-7-6-12(19)11-13(14)20-15(23)5-4-10-22-16(24)18(21-17(22)25)8-2-3-9-18/h6-7,11H,2-5,8-10H2,1H3,(H,20,23)(H,21,25). The van der Waals surface area contributed by atoms with Gasteiger partial charge in [0.05, 0.1) is 12.8 Å². The molecule has 2 fully saturated rings. The van der Waals surface area contributed by atoms with Gasteiger partial charge in [-0.05, 0) is 37.5 Å². The van der Waals surface area contributed by atoms with Crippen LogP contribution >= 0.6 is 11.6 Å². The number of anilines is 1. The van der Waals surface area contributed by atoms with Crippen LogP contribution in [0.1, 0.15) is 38.5 Å². The summed E-state index contributed by atoms with van der Waals surface area (Å²) in [6, 6.07) is 4.60. The van der Waals surface area contributed by atoms with Gasteiger partial charge >= 0.3 is 6.03 Å². The van der Waals surface area contributed by atoms with Crippen molar-refractivity contribution in [3.63, 3.8) is 0 Å². The van der Waals surface area contributed by atoms with Crippen LogP contribution in [0.15, 0.2) is 18.2 Å². The molecule has 2 N–H and O–H groups in total. The molecular formula is C18H22ClN3O4. The minimum atomic E-state index is -0.701. The van der Waals surface area contributed by atoms with Crippen LogP contribution in [0.2, 0.25) is 5.02 Å². The average molecular weight is 380 g/mol. The zero-order valence-corrected chi connectivity index (χ0v) is 15.4. The molecule has 0 aromatic heterocycles. The summed E-state index contributed by atoms with van der Waals surface area (Å²) < 4.78 is 5.19. The maximum atomic E-state index is 12.5. The SMILES string of the molecule is COc1ccc(Cl)cc1NC(=O)CCCN1C(=O)NC2(CCCC2)C1=O. The number of urea groups is 1. The molecule has 1 saturated carbocycles. The quantitative estimate of drug-likeness (QED) is 0.744. The molecule has 26 heavy (non-hydrogen) atoms. The van der Waals surface area contributed by atoms with Gasteiger partial charge in [-0.3, -0.25) is 14.5 Å². The van der Waals surface area contributed by atoms with Crippen molar-refractivity contribution < 1.29 is 19.1 Å². The van der Waals surface area contributed by atoms with Crippen molar-refractivity contribution >= 4 is 35.1 Å². The molecule has 1 heterocycles. The van der Waals surface area contributed by atoms with E-state index in [1.165, 1.54) is 12.0 Å². The van der Waals surface area contributed by atoms with Crippen molar-refractivity contribution in [2.24, 2.45) is 0 Å². The number of amides is 4. The molecule has 4 amide bonds. The van der Waals surface area contributed by atoms with Crippen LogP contribution in [-0.4, -0.2) is 41.9 Å². The summed E-state index contributed by atoms with van der Waals surface area (Å²) >= 11 is 5.94. The van der Waals surface area contributed by atoms with Gasteiger partial charge < -0.3 is 15.4 Å². The average Bonchev–Trinajstić information content (AvgIpc) is 3.16. The maximum Gasteiger partial charge on any atom is 0.325 e. The van der Waals surface area contributed by atoms with E-state index in [4.69, 9.17) is 16.3 Å². The first-order valence-corrected chi connectivity index (χ1v) is 9.10. The minimum absolute atomic E-state index is 0.156. The van der Waals surface area contributed by atoms with Crippen LogP contribution in [0, 0.1) is 0 Å². The molecule has 1 aromatic rings. The summed E-state index contributed by atoms with van der Waals surface area (Å²) in [7, 11) is 1.51. The highest BCUT2D eigenvalue weighted by molar-refractivity contribution is 6.31. The predicted molar refractivity (Wildman–Crippen MR) is 97.3 cm³/mol. The second-order valence-electron chi connectivity index (χ2n) is 6.67. The molecule has 0 bridgehead atoms. The summed E-state index contributed by atoms with van der Waals surface area (Å²) in [5, 5.41) is 6.07. The van der Waals surface area contributed by atoms with Crippen molar-refractivity contribution in [3.05, 3.63) is 23.2 Å². The lowest BCUT2D eigenvalue weighted by atomic mass is 9.98. The maximum absolute atomic E-state index is 12.5. The number of carbonyl (C=O) groups is 3. The van der Waals surface area contributed by atoms with Gasteiger partial charge in [-0.15, -0.1) is 0 Å². The van der Waals surface area contributed by atoms with Crippen molar-refractivity contribution in [2.45, 2.75) is 44.1 Å². The summed E-state index contributed by atoms with van der Waals surface area (Å²) in [4.78, 5) is 38.0. The van der Waals surface area contributed by atoms with Gasteiger partial charge in [-0.2, -0.15) is 0 Å². The van der Waals surface area contributed by atoms with Crippen LogP contribution in [0.5, 0.6) is 5.75 Å². The van der Waals surface area contributed by atoms with Gasteiger partial charge in [0.25, 0.3) is 5.91 Å². The highest BCUT2D eigenvalue weighted by Crippen LogP contribution is 2.35. The number of hydrogen-bond donors (Lipinski definition) is 2. The Morgan fingerprint density at radius 3 is 2.77 bits per heavy atom. The third-order valence-corrected chi connectivity index (χ3v) is 5.16. The lowest BCUT2D eigenvalue weighted by Crippen LogP contribution is -2.44. The Kier molecular flexibility index (Phi) is 5.36. The molecule has 1 spiro atoms. The molecule has 2 aliphatic rings. The Bertz CT molecular complexity index is 731. The number of carbonyl (C=O) groups excluding carboxylic acids is 3. The van der Waals surface area contributed by atoms with Crippen molar-refractivity contribution in [1.29, 1.82) is 0 Å². The topological polar surface area (TPSA) is 87.7 Å². The first kappa shape index (κ1) is 18.5. The number of hydrogen-bond acceptors (Lipinski definition) is 4. The van der Waals surface area contributed by atoms with Gasteiger partial charge in [-0.1, -0.05) is 24.4 Å². The van der Waals surface area contributed by atoms with E-state index in [-0.39, 0.29) is 30.8 Å². The van der Waals surface area contributed by atoms with Gasteiger partial charge in [0.15, 0.2) is 0 Å². The largest absolute Gasteiger partial charge is 0.495 e. The number of rotatable bonds is 6. The van der Waals surface area contributed by atoms with E-state index >= 15 is 0 Å². The summed E-state index contributed by atoms with van der Waals surface area (Å²) in [6.07, 6.45) is 3.86. The second kappa shape index (κ2) is 7.53. The highest BCUT2D eigenvalue weighted by Gasteiger charge is 2.51. The van der Waals surface area contributed by atoms with Crippen LogP contribution in [0.4, 0.5) is 10.5 Å². The molecule has 0 radical (unpaired) electrons. The number of halogens is 1. The zero-order chi connectivity index (χ0) is 18.7.